The van der Waals surface area contributed by atoms with E-state index in [1.54, 1.807) is 0 Å². The smallest absolute Gasteiger partial charge is 0.0950 e. The van der Waals surface area contributed by atoms with Gasteiger partial charge in [0.1, 0.15) is 0 Å². The molecule has 0 fully saturated rings. The van der Waals surface area contributed by atoms with E-state index in [9.17, 15) is 0 Å². The van der Waals surface area contributed by atoms with E-state index in [-0.39, 0.29) is 0 Å². The van der Waals surface area contributed by atoms with E-state index in [4.69, 9.17) is 4.74 Å². The van der Waals surface area contributed by atoms with E-state index in [2.05, 4.69) is 34.9 Å². The average Bonchev–Trinajstić information content (AvgIpc) is 2.65. The van der Waals surface area contributed by atoms with E-state index in [1.807, 2.05) is 13.4 Å². The molecule has 0 aromatic carbocycles. The molecule has 0 aliphatic carbocycles. The summed E-state index contributed by atoms with van der Waals surface area (Å²) in [5.41, 5.74) is 1.07. The van der Waals surface area contributed by atoms with Crippen molar-refractivity contribution in [2.24, 2.45) is 5.92 Å². The van der Waals surface area contributed by atoms with Gasteiger partial charge in [0.15, 0.2) is 0 Å². The van der Waals surface area contributed by atoms with Crippen LogP contribution in [0.2, 0.25) is 0 Å². The lowest BCUT2D eigenvalue weighted by Crippen LogP contribution is -2.07. The molecule has 0 amide bonds. The monoisotopic (exact) mass is 225 g/mol. The van der Waals surface area contributed by atoms with Crippen LogP contribution in [0.4, 0.5) is 0 Å². The van der Waals surface area contributed by atoms with Gasteiger partial charge in [0.2, 0.25) is 0 Å². The van der Waals surface area contributed by atoms with Crippen molar-refractivity contribution in [3.05, 3.63) is 18.2 Å². The number of ether oxygens (including phenoxy) is 1. The van der Waals surface area contributed by atoms with Crippen LogP contribution in [0.5, 0.6) is 0 Å². The molecular formula is C12H23N3O. The Balaban J connectivity index is 2.12. The fourth-order valence-corrected chi connectivity index (χ4v) is 1.39. The summed E-state index contributed by atoms with van der Waals surface area (Å²) in [6, 6.07) is 0. The lowest BCUT2D eigenvalue weighted by molar-refractivity contribution is 0.116. The molecule has 0 unspecified atom stereocenters. The van der Waals surface area contributed by atoms with Crippen LogP contribution >= 0.6 is 0 Å². The predicted molar refractivity (Wildman–Crippen MR) is 65.3 cm³/mol. The maximum absolute atomic E-state index is 5.55. The number of imidazole rings is 1. The number of rotatable bonds is 8. The molecular weight excluding hydrogens is 202 g/mol. The molecule has 0 radical (unpaired) electrons. The van der Waals surface area contributed by atoms with Gasteiger partial charge in [-0.2, -0.15) is 0 Å². The van der Waals surface area contributed by atoms with Crippen molar-refractivity contribution in [3.8, 4) is 0 Å². The van der Waals surface area contributed by atoms with Gasteiger partial charge in [0.05, 0.1) is 18.6 Å². The highest BCUT2D eigenvalue weighted by Gasteiger charge is 1.98. The number of nitrogens with zero attached hydrogens (tertiary/aromatic N) is 2. The second-order valence-corrected chi connectivity index (χ2v) is 4.43. The zero-order valence-electron chi connectivity index (χ0n) is 10.6. The third-order valence-electron chi connectivity index (χ3n) is 2.38. The van der Waals surface area contributed by atoms with Gasteiger partial charge in [-0.25, -0.2) is 4.98 Å². The molecule has 0 saturated carbocycles. The maximum Gasteiger partial charge on any atom is 0.0950 e. The third kappa shape index (κ3) is 5.28. The quantitative estimate of drug-likeness (QED) is 0.684. The first kappa shape index (κ1) is 13.2. The van der Waals surface area contributed by atoms with E-state index in [0.29, 0.717) is 0 Å². The van der Waals surface area contributed by atoms with E-state index in [0.717, 1.165) is 44.3 Å². The molecule has 0 saturated heterocycles. The molecule has 0 bridgehead atoms. The summed E-state index contributed by atoms with van der Waals surface area (Å²) < 4.78 is 7.62. The molecule has 0 atom stereocenters. The Morgan fingerprint density at radius 3 is 2.94 bits per heavy atom. The zero-order valence-corrected chi connectivity index (χ0v) is 10.6. The van der Waals surface area contributed by atoms with Gasteiger partial charge in [-0.05, 0) is 19.4 Å². The number of hydrogen-bond donors (Lipinski definition) is 1. The first-order valence-electron chi connectivity index (χ1n) is 5.95. The van der Waals surface area contributed by atoms with Gasteiger partial charge in [-0.1, -0.05) is 13.8 Å². The molecule has 1 aromatic rings. The van der Waals surface area contributed by atoms with E-state index in [1.165, 1.54) is 0 Å². The van der Waals surface area contributed by atoms with Crippen LogP contribution in [-0.4, -0.2) is 29.8 Å². The minimum atomic E-state index is 0.718. The summed E-state index contributed by atoms with van der Waals surface area (Å²) in [6.07, 6.45) is 5.05. The second-order valence-electron chi connectivity index (χ2n) is 4.43. The minimum absolute atomic E-state index is 0.718. The summed E-state index contributed by atoms with van der Waals surface area (Å²) in [5, 5.41) is 3.08. The molecule has 0 aliphatic rings. The van der Waals surface area contributed by atoms with Crippen molar-refractivity contribution in [1.82, 2.24) is 14.9 Å². The van der Waals surface area contributed by atoms with Crippen molar-refractivity contribution in [1.29, 1.82) is 0 Å². The molecule has 0 spiro atoms. The van der Waals surface area contributed by atoms with E-state index >= 15 is 0 Å². The molecule has 1 aromatic heterocycles. The Hall–Kier alpha value is -0.870. The molecule has 92 valence electrons. The molecule has 1 N–H and O–H groups in total. The topological polar surface area (TPSA) is 39.1 Å². The van der Waals surface area contributed by atoms with Crippen molar-refractivity contribution >= 4 is 0 Å². The van der Waals surface area contributed by atoms with Gasteiger partial charge in [-0.15, -0.1) is 0 Å². The normalized spacial score (nSPS) is 11.2. The molecule has 16 heavy (non-hydrogen) atoms. The van der Waals surface area contributed by atoms with Gasteiger partial charge in [0, 0.05) is 25.9 Å². The highest BCUT2D eigenvalue weighted by Crippen LogP contribution is 1.99. The number of nitrogens with one attached hydrogen (secondary N) is 1. The summed E-state index contributed by atoms with van der Waals surface area (Å²) in [6.45, 7) is 7.75. The van der Waals surface area contributed by atoms with Crippen molar-refractivity contribution < 1.29 is 4.74 Å². The average molecular weight is 225 g/mol. The Labute approximate surface area is 98.0 Å². The van der Waals surface area contributed by atoms with Crippen LogP contribution in [0.25, 0.3) is 0 Å². The number of hydrogen-bond acceptors (Lipinski definition) is 3. The van der Waals surface area contributed by atoms with Gasteiger partial charge in [-0.3, -0.25) is 0 Å². The second kappa shape index (κ2) is 7.41. The highest BCUT2D eigenvalue weighted by atomic mass is 16.5. The molecule has 4 nitrogen and oxygen atoms in total. The Morgan fingerprint density at radius 1 is 1.44 bits per heavy atom. The van der Waals surface area contributed by atoms with Crippen molar-refractivity contribution in [2.75, 3.05) is 20.3 Å². The standard InChI is InChI=1S/C12H23N3O/c1-11(2)4-6-16-7-5-15-9-12(8-13-3)14-10-15/h9-11,13H,4-8H2,1-3H3. The van der Waals surface area contributed by atoms with Gasteiger partial charge >= 0.3 is 0 Å². The molecule has 0 aliphatic heterocycles. The summed E-state index contributed by atoms with van der Waals surface area (Å²) in [7, 11) is 1.92. The van der Waals surface area contributed by atoms with Crippen LogP contribution in [0.15, 0.2) is 12.5 Å². The SMILES string of the molecule is CNCc1cn(CCOCCC(C)C)cn1. The zero-order chi connectivity index (χ0) is 11.8. The summed E-state index contributed by atoms with van der Waals surface area (Å²) in [4.78, 5) is 4.28. The van der Waals surface area contributed by atoms with Crippen LogP contribution in [0, 0.1) is 5.92 Å². The maximum atomic E-state index is 5.55. The fourth-order valence-electron chi connectivity index (χ4n) is 1.39. The molecule has 1 rings (SSSR count). The predicted octanol–water partition coefficient (Wildman–Crippen LogP) is 1.67. The lowest BCUT2D eigenvalue weighted by atomic mass is 10.1. The fraction of sp³-hybridized carbons (Fsp3) is 0.750. The van der Waals surface area contributed by atoms with Crippen LogP contribution in [0.1, 0.15) is 26.0 Å². The molecule has 4 heteroatoms. The highest BCUT2D eigenvalue weighted by molar-refractivity contribution is 4.95. The lowest BCUT2D eigenvalue weighted by Gasteiger charge is -2.06. The van der Waals surface area contributed by atoms with Crippen LogP contribution in [0.3, 0.4) is 0 Å². The number of aromatic nitrogens is 2. The first-order chi connectivity index (χ1) is 7.72. The van der Waals surface area contributed by atoms with E-state index < -0.39 is 0 Å². The van der Waals surface area contributed by atoms with Crippen molar-refractivity contribution in [2.45, 2.75) is 33.4 Å². The first-order valence-corrected chi connectivity index (χ1v) is 5.95. The summed E-state index contributed by atoms with van der Waals surface area (Å²) >= 11 is 0. The van der Waals surface area contributed by atoms with Gasteiger partial charge in [0.25, 0.3) is 0 Å². The van der Waals surface area contributed by atoms with Crippen LogP contribution in [-0.2, 0) is 17.8 Å². The Morgan fingerprint density at radius 2 is 2.25 bits per heavy atom. The largest absolute Gasteiger partial charge is 0.380 e. The van der Waals surface area contributed by atoms with Gasteiger partial charge < -0.3 is 14.6 Å². The summed E-state index contributed by atoms with van der Waals surface area (Å²) in [5.74, 6) is 0.718. The third-order valence-corrected chi connectivity index (χ3v) is 2.38. The molecule has 1 heterocycles. The van der Waals surface area contributed by atoms with Crippen LogP contribution < -0.4 is 5.32 Å². The van der Waals surface area contributed by atoms with Crippen molar-refractivity contribution in [3.63, 3.8) is 0 Å². The Bertz CT molecular complexity index is 284. The minimum Gasteiger partial charge on any atom is -0.380 e. The Kier molecular flexibility index (Phi) is 6.11.